The maximum Gasteiger partial charge on any atom is 0.264 e. The number of aromatic nitrogens is 4. The highest BCUT2D eigenvalue weighted by atomic mass is 35.5. The van der Waals surface area contributed by atoms with Crippen molar-refractivity contribution >= 4 is 40.4 Å². The molecule has 0 bridgehead atoms. The van der Waals surface area contributed by atoms with Gasteiger partial charge in [-0.1, -0.05) is 11.6 Å². The quantitative estimate of drug-likeness (QED) is 0.573. The zero-order valence-corrected chi connectivity index (χ0v) is 17.6. The van der Waals surface area contributed by atoms with Crippen LogP contribution in [-0.4, -0.2) is 51.9 Å². The average molecular weight is 461 g/mol. The fraction of sp³-hybridized carbons (Fsp3) is 0.400. The van der Waals surface area contributed by atoms with Gasteiger partial charge in [0.25, 0.3) is 6.43 Å². The van der Waals surface area contributed by atoms with Crippen molar-refractivity contribution < 1.29 is 13.5 Å². The van der Waals surface area contributed by atoms with E-state index in [1.807, 2.05) is 11.0 Å². The van der Waals surface area contributed by atoms with Gasteiger partial charge in [-0.2, -0.15) is 14.8 Å². The third-order valence-electron chi connectivity index (χ3n) is 5.32. The molecule has 0 amide bonds. The van der Waals surface area contributed by atoms with Gasteiger partial charge in [0, 0.05) is 24.7 Å². The minimum absolute atomic E-state index is 0.108. The first-order valence-corrected chi connectivity index (χ1v) is 10.5. The number of benzene rings is 1. The maximum atomic E-state index is 13.6. The molecule has 2 N–H and O–H groups in total. The second-order valence-electron chi connectivity index (χ2n) is 7.62. The lowest BCUT2D eigenvalue weighted by atomic mass is 10.1. The van der Waals surface area contributed by atoms with Crippen LogP contribution < -0.4 is 15.5 Å². The van der Waals surface area contributed by atoms with E-state index in [-0.39, 0.29) is 34.0 Å². The van der Waals surface area contributed by atoms with Crippen LogP contribution in [0.15, 0.2) is 18.3 Å². The highest BCUT2D eigenvalue weighted by Crippen LogP contribution is 2.39. The number of fused-ring (bicyclic) bond motifs is 1. The number of hydrogen-bond donors (Lipinski definition) is 2. The Morgan fingerprint density at radius 2 is 2.03 bits per heavy atom. The molecule has 3 aromatic rings. The Hall–Kier alpha value is -3.23. The highest BCUT2D eigenvalue weighted by molar-refractivity contribution is 6.36. The van der Waals surface area contributed by atoms with Gasteiger partial charge in [-0.15, -0.1) is 5.10 Å². The second-order valence-corrected chi connectivity index (χ2v) is 8.00. The van der Waals surface area contributed by atoms with Crippen molar-refractivity contribution in [1.29, 1.82) is 5.26 Å². The molecule has 1 aromatic carbocycles. The van der Waals surface area contributed by atoms with Crippen LogP contribution in [0, 0.1) is 11.3 Å². The molecule has 9 nitrogen and oxygen atoms in total. The van der Waals surface area contributed by atoms with E-state index in [0.29, 0.717) is 43.5 Å². The number of hydrogen-bond acceptors (Lipinski definition) is 8. The molecule has 0 unspecified atom stereocenters. The van der Waals surface area contributed by atoms with Crippen molar-refractivity contribution in [2.24, 2.45) is 0 Å². The Labute approximate surface area is 187 Å². The first-order chi connectivity index (χ1) is 15.5. The number of alkyl halides is 2. The molecule has 1 saturated heterocycles. The first kappa shape index (κ1) is 20.7. The van der Waals surface area contributed by atoms with E-state index in [9.17, 15) is 14.0 Å². The molecule has 0 spiro atoms. The smallest absolute Gasteiger partial charge is 0.264 e. The van der Waals surface area contributed by atoms with Gasteiger partial charge in [-0.25, -0.2) is 13.8 Å². The molecule has 2 aromatic heterocycles. The zero-order chi connectivity index (χ0) is 22.2. The molecule has 12 heteroatoms. The first-order valence-electron chi connectivity index (χ1n) is 10.2. The van der Waals surface area contributed by atoms with Crippen molar-refractivity contribution in [3.05, 3.63) is 34.6 Å². The van der Waals surface area contributed by atoms with E-state index < -0.39 is 6.43 Å². The molecule has 2 fully saturated rings. The normalized spacial score (nSPS) is 16.4. The summed E-state index contributed by atoms with van der Waals surface area (Å²) in [6.07, 6.45) is 0.750. The van der Waals surface area contributed by atoms with Crippen molar-refractivity contribution in [1.82, 2.24) is 19.6 Å². The van der Waals surface area contributed by atoms with Gasteiger partial charge in [-0.3, -0.25) is 0 Å². The van der Waals surface area contributed by atoms with E-state index in [2.05, 4.69) is 25.7 Å². The predicted molar refractivity (Wildman–Crippen MR) is 115 cm³/mol. The minimum Gasteiger partial charge on any atom is -0.378 e. The van der Waals surface area contributed by atoms with E-state index in [4.69, 9.17) is 16.3 Å². The summed E-state index contributed by atoms with van der Waals surface area (Å²) in [7, 11) is 0. The van der Waals surface area contributed by atoms with Crippen LogP contribution in [0.1, 0.15) is 30.5 Å². The Bertz CT molecular complexity index is 1200. The molecule has 0 radical (unpaired) electrons. The Morgan fingerprint density at radius 3 is 2.72 bits per heavy atom. The minimum atomic E-state index is -2.68. The molecule has 1 aliphatic carbocycles. The van der Waals surface area contributed by atoms with Gasteiger partial charge in [0.15, 0.2) is 17.2 Å². The number of rotatable bonds is 6. The molecule has 0 atom stereocenters. The van der Waals surface area contributed by atoms with Crippen LogP contribution in [0.2, 0.25) is 5.02 Å². The average Bonchev–Trinajstić information content (AvgIpc) is 3.51. The van der Waals surface area contributed by atoms with Crippen molar-refractivity contribution in [3.8, 4) is 6.07 Å². The van der Waals surface area contributed by atoms with Gasteiger partial charge < -0.3 is 20.3 Å². The van der Waals surface area contributed by atoms with Gasteiger partial charge in [-0.05, 0) is 25.0 Å². The topological polar surface area (TPSA) is 103 Å². The van der Waals surface area contributed by atoms with Crippen molar-refractivity contribution in [3.63, 3.8) is 0 Å². The molecule has 5 rings (SSSR count). The number of ether oxygens (including phenoxy) is 1. The van der Waals surface area contributed by atoms with Crippen molar-refractivity contribution in [2.75, 3.05) is 41.8 Å². The number of nitriles is 1. The lowest BCUT2D eigenvalue weighted by Crippen LogP contribution is -2.36. The predicted octanol–water partition coefficient (Wildman–Crippen LogP) is 3.74. The lowest BCUT2D eigenvalue weighted by Gasteiger charge is -2.30. The van der Waals surface area contributed by atoms with E-state index in [1.165, 1.54) is 22.8 Å². The molecular weight excluding hydrogens is 442 g/mol. The standard InChI is InChI=1S/C20H19ClF2N8O/c21-16-14(7-11(17(22)23)8-15(16)30-3-5-32-6-4-30)27-20-28-18(26-12-1-2-12)19-25-10-13(9-24)31(19)29-20/h7-8,10,12,17H,1-6H2,(H2,26,27,28,29). The molecule has 3 heterocycles. The number of morpholine rings is 1. The summed E-state index contributed by atoms with van der Waals surface area (Å²) in [5, 5.41) is 20.2. The summed E-state index contributed by atoms with van der Waals surface area (Å²) in [4.78, 5) is 10.6. The molecular formula is C20H19ClF2N8O. The molecule has 166 valence electrons. The third kappa shape index (κ3) is 3.99. The second kappa shape index (κ2) is 8.37. The van der Waals surface area contributed by atoms with Crippen LogP contribution in [0.5, 0.6) is 0 Å². The van der Waals surface area contributed by atoms with Crippen LogP contribution >= 0.6 is 11.6 Å². The van der Waals surface area contributed by atoms with Gasteiger partial charge in [0.1, 0.15) is 6.07 Å². The third-order valence-corrected chi connectivity index (χ3v) is 5.72. The number of imidazole rings is 1. The van der Waals surface area contributed by atoms with Gasteiger partial charge in [0.2, 0.25) is 5.95 Å². The molecule has 32 heavy (non-hydrogen) atoms. The fourth-order valence-electron chi connectivity index (χ4n) is 3.53. The fourth-order valence-corrected chi connectivity index (χ4v) is 3.81. The summed E-state index contributed by atoms with van der Waals surface area (Å²) >= 11 is 6.63. The molecule has 1 saturated carbocycles. The summed E-state index contributed by atoms with van der Waals surface area (Å²) in [5.74, 6) is 0.567. The SMILES string of the molecule is N#Cc1cnc2c(NC3CC3)nc(Nc3cc(C(F)F)cc(N4CCOCC4)c3Cl)nn12. The van der Waals surface area contributed by atoms with Crippen molar-refractivity contribution in [2.45, 2.75) is 25.3 Å². The zero-order valence-electron chi connectivity index (χ0n) is 16.9. The number of nitrogens with zero attached hydrogens (tertiary/aromatic N) is 6. The number of halogens is 3. The van der Waals surface area contributed by atoms with Crippen LogP contribution in [0.25, 0.3) is 5.65 Å². The van der Waals surface area contributed by atoms with E-state index >= 15 is 0 Å². The highest BCUT2D eigenvalue weighted by Gasteiger charge is 2.25. The Balaban J connectivity index is 1.56. The Morgan fingerprint density at radius 1 is 1.25 bits per heavy atom. The Kier molecular flexibility index (Phi) is 5.40. The summed E-state index contributed by atoms with van der Waals surface area (Å²) < 4.78 is 34.0. The number of anilines is 4. The molecule has 1 aliphatic heterocycles. The van der Waals surface area contributed by atoms with Gasteiger partial charge >= 0.3 is 0 Å². The maximum absolute atomic E-state index is 13.6. The van der Waals surface area contributed by atoms with E-state index in [1.54, 1.807) is 0 Å². The largest absolute Gasteiger partial charge is 0.378 e. The van der Waals surface area contributed by atoms with Gasteiger partial charge in [0.05, 0.1) is 35.8 Å². The van der Waals surface area contributed by atoms with E-state index in [0.717, 1.165) is 12.8 Å². The molecule has 2 aliphatic rings. The number of nitrogens with one attached hydrogen (secondary N) is 2. The summed E-state index contributed by atoms with van der Waals surface area (Å²) in [5.41, 5.74) is 1.22. The lowest BCUT2D eigenvalue weighted by molar-refractivity contribution is 0.122. The summed E-state index contributed by atoms with van der Waals surface area (Å²) in [6.45, 7) is 2.08. The van der Waals surface area contributed by atoms with Crippen LogP contribution in [-0.2, 0) is 4.74 Å². The monoisotopic (exact) mass is 460 g/mol. The van der Waals surface area contributed by atoms with Crippen LogP contribution in [0.4, 0.5) is 31.9 Å². The van der Waals surface area contributed by atoms with Crippen LogP contribution in [0.3, 0.4) is 0 Å². The summed E-state index contributed by atoms with van der Waals surface area (Å²) in [6, 6.07) is 5.01.